The van der Waals surface area contributed by atoms with Crippen LogP contribution in [0.15, 0.2) is 18.2 Å². The van der Waals surface area contributed by atoms with Crippen LogP contribution < -0.4 is 5.32 Å². The SMILES string of the molecule is COC[C@H](C)N1C[C@H](C(=O)Nc2cc([N+](=O)[O-])ccc2F)CC1=O. The van der Waals surface area contributed by atoms with Crippen molar-refractivity contribution in [2.45, 2.75) is 19.4 Å². The summed E-state index contributed by atoms with van der Waals surface area (Å²) in [5, 5.41) is 13.1. The third-order valence-corrected chi connectivity index (χ3v) is 3.89. The Kier molecular flexibility index (Phi) is 5.45. The molecular weight excluding hydrogens is 321 g/mol. The smallest absolute Gasteiger partial charge is 0.271 e. The molecule has 1 N–H and O–H groups in total. The molecule has 130 valence electrons. The highest BCUT2D eigenvalue weighted by Crippen LogP contribution is 2.25. The Bertz CT molecular complexity index is 667. The van der Waals surface area contributed by atoms with Crippen molar-refractivity contribution in [3.8, 4) is 0 Å². The Labute approximate surface area is 137 Å². The highest BCUT2D eigenvalue weighted by molar-refractivity contribution is 5.97. The largest absolute Gasteiger partial charge is 0.383 e. The molecule has 2 amide bonds. The zero-order valence-electron chi connectivity index (χ0n) is 13.3. The van der Waals surface area contributed by atoms with Gasteiger partial charge in [-0.3, -0.25) is 19.7 Å². The van der Waals surface area contributed by atoms with Crippen LogP contribution in [-0.4, -0.2) is 47.9 Å². The molecule has 0 aromatic heterocycles. The third kappa shape index (κ3) is 3.85. The number of nitrogens with zero attached hydrogens (tertiary/aromatic N) is 2. The molecule has 1 aliphatic rings. The van der Waals surface area contributed by atoms with Gasteiger partial charge in [0.2, 0.25) is 11.8 Å². The molecule has 0 unspecified atom stereocenters. The molecule has 1 aliphatic heterocycles. The minimum absolute atomic E-state index is 0.0104. The Hall–Kier alpha value is -2.55. The number of halogens is 1. The number of likely N-dealkylation sites (tertiary alicyclic amines) is 1. The van der Waals surface area contributed by atoms with Crippen LogP contribution in [0.2, 0.25) is 0 Å². The minimum atomic E-state index is -0.775. The fourth-order valence-electron chi connectivity index (χ4n) is 2.62. The monoisotopic (exact) mass is 339 g/mol. The molecule has 1 fully saturated rings. The zero-order valence-corrected chi connectivity index (χ0v) is 13.3. The van der Waals surface area contributed by atoms with E-state index in [0.29, 0.717) is 6.61 Å². The average molecular weight is 339 g/mol. The van der Waals surface area contributed by atoms with Gasteiger partial charge < -0.3 is 15.0 Å². The average Bonchev–Trinajstić information content (AvgIpc) is 2.91. The fourth-order valence-corrected chi connectivity index (χ4v) is 2.62. The number of non-ortho nitro benzene ring substituents is 1. The first-order chi connectivity index (χ1) is 11.3. The number of carbonyl (C=O) groups is 2. The summed E-state index contributed by atoms with van der Waals surface area (Å²) in [5.41, 5.74) is -0.602. The summed E-state index contributed by atoms with van der Waals surface area (Å²) in [6, 6.07) is 2.71. The Balaban J connectivity index is 2.07. The van der Waals surface area contributed by atoms with E-state index in [1.807, 2.05) is 6.92 Å². The molecule has 0 spiro atoms. The lowest BCUT2D eigenvalue weighted by atomic mass is 10.1. The van der Waals surface area contributed by atoms with Crippen LogP contribution >= 0.6 is 0 Å². The minimum Gasteiger partial charge on any atom is -0.383 e. The standard InChI is InChI=1S/C15H18FN3O5/c1-9(8-24-2)18-7-10(5-14(18)20)15(21)17-13-6-11(19(22)23)3-4-12(13)16/h3-4,6,9-10H,5,7-8H2,1-2H3,(H,17,21)/t9-,10+/m0/s1. The second kappa shape index (κ2) is 7.35. The summed E-state index contributed by atoms with van der Waals surface area (Å²) >= 11 is 0. The molecule has 1 saturated heterocycles. The topological polar surface area (TPSA) is 102 Å². The zero-order chi connectivity index (χ0) is 17.9. The molecule has 0 radical (unpaired) electrons. The van der Waals surface area contributed by atoms with Crippen molar-refractivity contribution in [3.63, 3.8) is 0 Å². The van der Waals surface area contributed by atoms with Crippen LogP contribution in [0.3, 0.4) is 0 Å². The van der Waals surface area contributed by atoms with Gasteiger partial charge in [0.15, 0.2) is 0 Å². The summed E-state index contributed by atoms with van der Waals surface area (Å²) in [5.74, 6) is -2.15. The number of rotatable bonds is 6. The number of methoxy groups -OCH3 is 1. The van der Waals surface area contributed by atoms with Gasteiger partial charge in [-0.1, -0.05) is 0 Å². The van der Waals surface area contributed by atoms with E-state index >= 15 is 0 Å². The van der Waals surface area contributed by atoms with Crippen molar-refractivity contribution in [1.82, 2.24) is 4.90 Å². The van der Waals surface area contributed by atoms with Crippen molar-refractivity contribution >= 4 is 23.2 Å². The first-order valence-corrected chi connectivity index (χ1v) is 7.36. The number of nitro groups is 1. The maximum absolute atomic E-state index is 13.7. The van der Waals surface area contributed by atoms with Crippen LogP contribution in [0.25, 0.3) is 0 Å². The number of ether oxygens (including phenoxy) is 1. The lowest BCUT2D eigenvalue weighted by molar-refractivity contribution is -0.384. The summed E-state index contributed by atoms with van der Waals surface area (Å²) < 4.78 is 18.7. The molecule has 1 heterocycles. The van der Waals surface area contributed by atoms with Gasteiger partial charge in [-0.05, 0) is 13.0 Å². The molecule has 0 aliphatic carbocycles. The van der Waals surface area contributed by atoms with Crippen LogP contribution in [0.4, 0.5) is 15.8 Å². The Morgan fingerprint density at radius 2 is 2.29 bits per heavy atom. The number of hydrogen-bond acceptors (Lipinski definition) is 5. The molecular formula is C15H18FN3O5. The molecule has 8 nitrogen and oxygen atoms in total. The van der Waals surface area contributed by atoms with E-state index in [9.17, 15) is 24.1 Å². The third-order valence-electron chi connectivity index (χ3n) is 3.89. The van der Waals surface area contributed by atoms with E-state index in [4.69, 9.17) is 4.74 Å². The van der Waals surface area contributed by atoms with Gasteiger partial charge in [-0.15, -0.1) is 0 Å². The van der Waals surface area contributed by atoms with Crippen LogP contribution in [-0.2, 0) is 14.3 Å². The summed E-state index contributed by atoms with van der Waals surface area (Å²) in [6.07, 6.45) is 0.0104. The van der Waals surface area contributed by atoms with Crippen molar-refractivity contribution in [3.05, 3.63) is 34.1 Å². The number of nitro benzene ring substituents is 1. The van der Waals surface area contributed by atoms with E-state index in [1.54, 1.807) is 0 Å². The molecule has 1 aromatic carbocycles. The Morgan fingerprint density at radius 3 is 2.92 bits per heavy atom. The number of hydrogen-bond donors (Lipinski definition) is 1. The number of anilines is 1. The van der Waals surface area contributed by atoms with E-state index in [1.165, 1.54) is 12.0 Å². The first kappa shape index (κ1) is 17.8. The second-order valence-corrected chi connectivity index (χ2v) is 5.66. The molecule has 0 bridgehead atoms. The molecule has 0 saturated carbocycles. The van der Waals surface area contributed by atoms with Gasteiger partial charge in [0.1, 0.15) is 5.82 Å². The van der Waals surface area contributed by atoms with Crippen LogP contribution in [0, 0.1) is 21.8 Å². The predicted molar refractivity (Wildman–Crippen MR) is 82.8 cm³/mol. The summed E-state index contributed by atoms with van der Waals surface area (Å²) in [7, 11) is 1.52. The van der Waals surface area contributed by atoms with Gasteiger partial charge in [-0.2, -0.15) is 0 Å². The van der Waals surface area contributed by atoms with Crippen molar-refractivity contribution in [2.24, 2.45) is 5.92 Å². The molecule has 1 aromatic rings. The maximum Gasteiger partial charge on any atom is 0.271 e. The highest BCUT2D eigenvalue weighted by Gasteiger charge is 2.36. The molecule has 24 heavy (non-hydrogen) atoms. The van der Waals surface area contributed by atoms with Gasteiger partial charge in [0.25, 0.3) is 5.69 Å². The number of carbonyl (C=O) groups excluding carboxylic acids is 2. The number of nitrogens with one attached hydrogen (secondary N) is 1. The Morgan fingerprint density at radius 1 is 1.58 bits per heavy atom. The van der Waals surface area contributed by atoms with Crippen molar-refractivity contribution in [1.29, 1.82) is 0 Å². The number of amides is 2. The van der Waals surface area contributed by atoms with E-state index in [0.717, 1.165) is 18.2 Å². The predicted octanol–water partition coefficient (Wildman–Crippen LogP) is 1.56. The van der Waals surface area contributed by atoms with E-state index in [-0.39, 0.29) is 36.3 Å². The normalized spacial score (nSPS) is 18.5. The van der Waals surface area contributed by atoms with E-state index in [2.05, 4.69) is 5.32 Å². The van der Waals surface area contributed by atoms with Crippen molar-refractivity contribution in [2.75, 3.05) is 25.6 Å². The fraction of sp³-hybridized carbons (Fsp3) is 0.467. The summed E-state index contributed by atoms with van der Waals surface area (Å²) in [6.45, 7) is 2.35. The second-order valence-electron chi connectivity index (χ2n) is 5.66. The van der Waals surface area contributed by atoms with Gasteiger partial charge in [0.05, 0.1) is 29.2 Å². The summed E-state index contributed by atoms with van der Waals surface area (Å²) in [4.78, 5) is 35.9. The lowest BCUT2D eigenvalue weighted by Gasteiger charge is -2.23. The van der Waals surface area contributed by atoms with E-state index < -0.39 is 22.6 Å². The molecule has 2 atom stereocenters. The van der Waals surface area contributed by atoms with Crippen LogP contribution in [0.5, 0.6) is 0 Å². The van der Waals surface area contributed by atoms with Crippen molar-refractivity contribution < 1.29 is 23.6 Å². The highest BCUT2D eigenvalue weighted by atomic mass is 19.1. The van der Waals surface area contributed by atoms with Gasteiger partial charge in [0, 0.05) is 32.2 Å². The lowest BCUT2D eigenvalue weighted by Crippen LogP contribution is -2.38. The van der Waals surface area contributed by atoms with Gasteiger partial charge >= 0.3 is 0 Å². The molecule has 2 rings (SSSR count). The quantitative estimate of drug-likeness (QED) is 0.626. The molecule has 9 heteroatoms. The van der Waals surface area contributed by atoms with Gasteiger partial charge in [-0.25, -0.2) is 4.39 Å². The van der Waals surface area contributed by atoms with Crippen LogP contribution in [0.1, 0.15) is 13.3 Å². The maximum atomic E-state index is 13.7. The number of benzene rings is 1. The first-order valence-electron chi connectivity index (χ1n) is 7.36.